The van der Waals surface area contributed by atoms with E-state index >= 15 is 0 Å². The third kappa shape index (κ3) is 2.77. The van der Waals surface area contributed by atoms with Crippen molar-refractivity contribution in [3.8, 4) is 6.07 Å². The van der Waals surface area contributed by atoms with E-state index in [9.17, 15) is 5.26 Å². The summed E-state index contributed by atoms with van der Waals surface area (Å²) in [4.78, 5) is 7.07. The lowest BCUT2D eigenvalue weighted by Gasteiger charge is -2.20. The maximum Gasteiger partial charge on any atom is 0.210 e. The second-order valence-corrected chi connectivity index (χ2v) is 8.71. The van der Waals surface area contributed by atoms with Crippen LogP contribution in [0.15, 0.2) is 24.3 Å². The predicted molar refractivity (Wildman–Crippen MR) is 104 cm³/mol. The standard InChI is InChI=1S/C22H23N3/c1-21(2,3)14-8-13(12-23)19-16(9-14)17-10-15(22(4,5)6)11-18(24-7)20(17)25-19/h8-11,25H,1-6H3. The largest absolute Gasteiger partial charge is 0.363 e. The Labute approximate surface area is 149 Å². The van der Waals surface area contributed by atoms with Gasteiger partial charge in [0, 0.05) is 5.39 Å². The number of nitrogens with zero attached hydrogens (tertiary/aromatic N) is 2. The number of H-pyrrole nitrogens is 1. The second kappa shape index (κ2) is 5.36. The lowest BCUT2D eigenvalue weighted by molar-refractivity contribution is 0.590. The molecule has 0 aliphatic carbocycles. The van der Waals surface area contributed by atoms with Gasteiger partial charge in [-0.05, 0) is 33.9 Å². The molecule has 0 saturated heterocycles. The number of nitrogens with one attached hydrogen (secondary N) is 1. The fourth-order valence-corrected chi connectivity index (χ4v) is 3.13. The topological polar surface area (TPSA) is 43.9 Å². The minimum atomic E-state index is -0.0480. The van der Waals surface area contributed by atoms with Crippen LogP contribution < -0.4 is 0 Å². The molecule has 3 nitrogen and oxygen atoms in total. The molecule has 0 spiro atoms. The monoisotopic (exact) mass is 329 g/mol. The van der Waals surface area contributed by atoms with Gasteiger partial charge in [-0.15, -0.1) is 0 Å². The van der Waals surface area contributed by atoms with Crippen molar-refractivity contribution in [1.29, 1.82) is 5.26 Å². The van der Waals surface area contributed by atoms with Crippen molar-refractivity contribution < 1.29 is 0 Å². The number of aromatic amines is 1. The average molecular weight is 329 g/mol. The quantitative estimate of drug-likeness (QED) is 0.481. The van der Waals surface area contributed by atoms with E-state index in [0.29, 0.717) is 11.3 Å². The van der Waals surface area contributed by atoms with E-state index in [1.54, 1.807) is 0 Å². The second-order valence-electron chi connectivity index (χ2n) is 8.71. The van der Waals surface area contributed by atoms with Gasteiger partial charge in [0.2, 0.25) is 5.69 Å². The summed E-state index contributed by atoms with van der Waals surface area (Å²) in [5.74, 6) is 0. The number of aromatic nitrogens is 1. The third-order valence-corrected chi connectivity index (χ3v) is 4.77. The first-order valence-corrected chi connectivity index (χ1v) is 8.48. The van der Waals surface area contributed by atoms with Crippen LogP contribution in [0, 0.1) is 17.9 Å². The molecule has 3 aromatic rings. The van der Waals surface area contributed by atoms with Gasteiger partial charge >= 0.3 is 0 Å². The van der Waals surface area contributed by atoms with E-state index < -0.39 is 0 Å². The number of benzene rings is 2. The van der Waals surface area contributed by atoms with Crippen LogP contribution in [0.5, 0.6) is 0 Å². The van der Waals surface area contributed by atoms with Crippen molar-refractivity contribution in [1.82, 2.24) is 4.98 Å². The summed E-state index contributed by atoms with van der Waals surface area (Å²) in [7, 11) is 0. The molecule has 0 saturated carbocycles. The molecule has 2 aromatic carbocycles. The molecule has 126 valence electrons. The molecule has 1 aromatic heterocycles. The fraction of sp³-hybridized carbons (Fsp3) is 0.364. The maximum atomic E-state index is 9.63. The van der Waals surface area contributed by atoms with Gasteiger partial charge in [-0.25, -0.2) is 4.85 Å². The summed E-state index contributed by atoms with van der Waals surface area (Å²) in [5.41, 5.74) is 5.05. The number of fused-ring (bicyclic) bond motifs is 3. The Balaban J connectivity index is 2.52. The highest BCUT2D eigenvalue weighted by molar-refractivity contribution is 6.13. The van der Waals surface area contributed by atoms with Gasteiger partial charge in [0.05, 0.1) is 23.2 Å². The normalized spacial score (nSPS) is 12.3. The number of hydrogen-bond acceptors (Lipinski definition) is 1. The number of hydrogen-bond donors (Lipinski definition) is 1. The first-order valence-electron chi connectivity index (χ1n) is 8.48. The van der Waals surface area contributed by atoms with E-state index in [1.165, 1.54) is 0 Å². The highest BCUT2D eigenvalue weighted by Crippen LogP contribution is 2.39. The molecule has 0 aliphatic rings. The molecular formula is C22H23N3. The third-order valence-electron chi connectivity index (χ3n) is 4.77. The molecule has 25 heavy (non-hydrogen) atoms. The highest BCUT2D eigenvalue weighted by Gasteiger charge is 2.21. The Bertz CT molecular complexity index is 985. The van der Waals surface area contributed by atoms with Crippen molar-refractivity contribution in [3.63, 3.8) is 0 Å². The van der Waals surface area contributed by atoms with Crippen molar-refractivity contribution in [2.75, 3.05) is 0 Å². The summed E-state index contributed by atoms with van der Waals surface area (Å²) in [5, 5.41) is 11.7. The maximum absolute atomic E-state index is 9.63. The Morgan fingerprint density at radius 1 is 0.880 bits per heavy atom. The molecule has 0 aliphatic heterocycles. The molecule has 0 radical (unpaired) electrons. The summed E-state index contributed by atoms with van der Waals surface area (Å²) in [6, 6.07) is 10.6. The predicted octanol–water partition coefficient (Wildman–Crippen LogP) is 6.34. The van der Waals surface area contributed by atoms with Gasteiger partial charge in [0.25, 0.3) is 0 Å². The Kier molecular flexibility index (Phi) is 3.66. The molecule has 1 N–H and O–H groups in total. The molecule has 1 heterocycles. The van der Waals surface area contributed by atoms with Crippen LogP contribution in [0.3, 0.4) is 0 Å². The summed E-state index contributed by atoms with van der Waals surface area (Å²) in [6.45, 7) is 20.5. The van der Waals surface area contributed by atoms with Crippen molar-refractivity contribution >= 4 is 27.5 Å². The molecule has 3 rings (SSSR count). The number of rotatable bonds is 0. The van der Waals surface area contributed by atoms with E-state index in [1.807, 2.05) is 12.1 Å². The Hall–Kier alpha value is -2.78. The van der Waals surface area contributed by atoms with E-state index in [2.05, 4.69) is 69.6 Å². The fourth-order valence-electron chi connectivity index (χ4n) is 3.13. The summed E-state index contributed by atoms with van der Waals surface area (Å²) < 4.78 is 0. The van der Waals surface area contributed by atoms with E-state index in [0.717, 1.165) is 32.9 Å². The van der Waals surface area contributed by atoms with Gasteiger partial charge in [-0.2, -0.15) is 5.26 Å². The lowest BCUT2D eigenvalue weighted by Crippen LogP contribution is -2.11. The number of nitriles is 1. The van der Waals surface area contributed by atoms with E-state index in [4.69, 9.17) is 6.57 Å². The Morgan fingerprint density at radius 2 is 1.40 bits per heavy atom. The van der Waals surface area contributed by atoms with Crippen LogP contribution in [-0.4, -0.2) is 4.98 Å². The lowest BCUT2D eigenvalue weighted by atomic mass is 9.84. The van der Waals surface area contributed by atoms with Gasteiger partial charge in [0.1, 0.15) is 6.07 Å². The SMILES string of the molecule is [C-]#[N+]c1cc(C(C)(C)C)cc2c1[nH]c1c(C#N)cc(C(C)(C)C)cc12. The molecule has 0 bridgehead atoms. The van der Waals surface area contributed by atoms with Crippen LogP contribution >= 0.6 is 0 Å². The van der Waals surface area contributed by atoms with Crippen LogP contribution in [0.1, 0.15) is 58.2 Å². The zero-order chi connectivity index (χ0) is 18.6. The van der Waals surface area contributed by atoms with Crippen molar-refractivity contribution in [2.45, 2.75) is 52.4 Å². The molecule has 0 amide bonds. The van der Waals surface area contributed by atoms with Crippen LogP contribution in [-0.2, 0) is 10.8 Å². The van der Waals surface area contributed by atoms with Gasteiger partial charge in [0.15, 0.2) is 0 Å². The van der Waals surface area contributed by atoms with E-state index in [-0.39, 0.29) is 10.8 Å². The zero-order valence-corrected chi connectivity index (χ0v) is 15.7. The first kappa shape index (κ1) is 17.1. The summed E-state index contributed by atoms with van der Waals surface area (Å²) >= 11 is 0. The van der Waals surface area contributed by atoms with Gasteiger partial charge in [-0.1, -0.05) is 59.2 Å². The minimum absolute atomic E-state index is 0.0447. The molecular weight excluding hydrogens is 306 g/mol. The zero-order valence-electron chi connectivity index (χ0n) is 15.7. The summed E-state index contributed by atoms with van der Waals surface area (Å²) in [6.07, 6.45) is 0. The van der Waals surface area contributed by atoms with Gasteiger partial charge in [-0.3, -0.25) is 0 Å². The van der Waals surface area contributed by atoms with Crippen molar-refractivity contribution in [3.05, 3.63) is 52.4 Å². The van der Waals surface area contributed by atoms with Gasteiger partial charge < -0.3 is 4.98 Å². The average Bonchev–Trinajstić information content (AvgIpc) is 2.90. The van der Waals surface area contributed by atoms with Crippen molar-refractivity contribution in [2.24, 2.45) is 0 Å². The van der Waals surface area contributed by atoms with Crippen LogP contribution in [0.4, 0.5) is 5.69 Å². The molecule has 3 heteroatoms. The molecule has 0 atom stereocenters. The van der Waals surface area contributed by atoms with Crippen LogP contribution in [0.25, 0.3) is 26.7 Å². The molecule has 0 unspecified atom stereocenters. The minimum Gasteiger partial charge on any atom is -0.363 e. The Morgan fingerprint density at radius 3 is 1.88 bits per heavy atom. The smallest absolute Gasteiger partial charge is 0.210 e. The highest BCUT2D eigenvalue weighted by atomic mass is 14.8. The van der Waals surface area contributed by atoms with Crippen LogP contribution in [0.2, 0.25) is 0 Å². The molecule has 0 fully saturated rings. The first-order chi connectivity index (χ1) is 11.6.